The molecule has 0 saturated carbocycles. The normalized spacial score (nSPS) is 8.82. The van der Waals surface area contributed by atoms with Crippen molar-refractivity contribution in [3.63, 3.8) is 0 Å². The lowest BCUT2D eigenvalue weighted by atomic mass is 10.3. The molecular formula is C9H10N2. The average molecular weight is 146 g/mol. The molecular weight excluding hydrogens is 136 g/mol. The fraction of sp³-hybridized carbons (Fsp3) is 0.222. The van der Waals surface area contributed by atoms with Gasteiger partial charge in [0.05, 0.1) is 0 Å². The molecule has 1 heterocycles. The summed E-state index contributed by atoms with van der Waals surface area (Å²) >= 11 is 0. The fourth-order valence-electron chi connectivity index (χ4n) is 0.776. The largest absolute Gasteiger partial charge is 0.378 e. The summed E-state index contributed by atoms with van der Waals surface area (Å²) in [6.45, 7) is 0. The molecule has 0 aliphatic heterocycles. The number of nitrogens with zero attached hydrogens (tertiary/aromatic N) is 2. The molecule has 1 aromatic rings. The number of anilines is 1. The topological polar surface area (TPSA) is 16.1 Å². The third-order valence-corrected chi connectivity index (χ3v) is 1.41. The highest BCUT2D eigenvalue weighted by Crippen LogP contribution is 2.09. The average Bonchev–Trinajstić information content (AvgIpc) is 2.05. The maximum atomic E-state index is 5.19. The number of aromatic nitrogens is 1. The highest BCUT2D eigenvalue weighted by molar-refractivity contribution is 5.47. The van der Waals surface area contributed by atoms with E-state index in [-0.39, 0.29) is 0 Å². The van der Waals surface area contributed by atoms with E-state index in [1.807, 2.05) is 31.1 Å². The molecule has 0 aromatic carbocycles. The first-order chi connectivity index (χ1) is 5.24. The van der Waals surface area contributed by atoms with E-state index >= 15 is 0 Å². The molecule has 0 radical (unpaired) electrons. The molecule has 0 aliphatic carbocycles. The zero-order valence-corrected chi connectivity index (χ0v) is 6.70. The van der Waals surface area contributed by atoms with Crippen molar-refractivity contribution in [1.82, 2.24) is 4.98 Å². The summed E-state index contributed by atoms with van der Waals surface area (Å²) in [6.07, 6.45) is 6.90. The highest BCUT2D eigenvalue weighted by Gasteiger charge is 1.94. The van der Waals surface area contributed by atoms with Crippen LogP contribution in [-0.4, -0.2) is 19.1 Å². The zero-order valence-electron chi connectivity index (χ0n) is 6.70. The first kappa shape index (κ1) is 7.62. The monoisotopic (exact) mass is 146 g/mol. The summed E-state index contributed by atoms with van der Waals surface area (Å²) in [7, 11) is 3.94. The van der Waals surface area contributed by atoms with E-state index < -0.39 is 0 Å². The van der Waals surface area contributed by atoms with E-state index in [0.29, 0.717) is 5.69 Å². The number of hydrogen-bond acceptors (Lipinski definition) is 2. The Kier molecular flexibility index (Phi) is 2.12. The van der Waals surface area contributed by atoms with Gasteiger partial charge in [0, 0.05) is 26.0 Å². The molecule has 0 bridgehead atoms. The van der Waals surface area contributed by atoms with Crippen molar-refractivity contribution >= 4 is 5.69 Å². The predicted octanol–water partition coefficient (Wildman–Crippen LogP) is 1.13. The Bertz CT molecular complexity index is 284. The van der Waals surface area contributed by atoms with Gasteiger partial charge in [0.25, 0.3) is 0 Å². The van der Waals surface area contributed by atoms with Gasteiger partial charge < -0.3 is 4.90 Å². The summed E-state index contributed by atoms with van der Waals surface area (Å²) in [4.78, 5) is 5.97. The van der Waals surface area contributed by atoms with E-state index in [2.05, 4.69) is 10.9 Å². The second-order valence-corrected chi connectivity index (χ2v) is 2.44. The molecule has 11 heavy (non-hydrogen) atoms. The lowest BCUT2D eigenvalue weighted by Crippen LogP contribution is -2.08. The maximum Gasteiger partial charge on any atom is 0.114 e. The molecule has 0 N–H and O–H groups in total. The molecule has 2 heteroatoms. The minimum Gasteiger partial charge on any atom is -0.378 e. The Morgan fingerprint density at radius 3 is 2.82 bits per heavy atom. The van der Waals surface area contributed by atoms with Crippen molar-refractivity contribution in [2.75, 3.05) is 19.0 Å². The molecule has 1 rings (SSSR count). The summed E-state index contributed by atoms with van der Waals surface area (Å²) in [5.74, 6) is 2.48. The van der Waals surface area contributed by atoms with Crippen LogP contribution in [0.2, 0.25) is 0 Å². The van der Waals surface area contributed by atoms with Gasteiger partial charge in [-0.3, -0.25) is 0 Å². The van der Waals surface area contributed by atoms with Crippen molar-refractivity contribution in [2.24, 2.45) is 0 Å². The Balaban J connectivity index is 3.03. The Morgan fingerprint density at radius 2 is 2.27 bits per heavy atom. The third kappa shape index (κ3) is 1.71. The summed E-state index contributed by atoms with van der Waals surface area (Å²) in [5, 5.41) is 0. The van der Waals surface area contributed by atoms with Gasteiger partial charge in [-0.05, 0) is 12.1 Å². The van der Waals surface area contributed by atoms with Crippen molar-refractivity contribution in [3.8, 4) is 12.3 Å². The van der Waals surface area contributed by atoms with Gasteiger partial charge in [0.1, 0.15) is 5.69 Å². The van der Waals surface area contributed by atoms with Crippen molar-refractivity contribution < 1.29 is 0 Å². The van der Waals surface area contributed by atoms with Crippen LogP contribution < -0.4 is 4.90 Å². The first-order valence-electron chi connectivity index (χ1n) is 3.34. The van der Waals surface area contributed by atoms with Crippen LogP contribution in [0.3, 0.4) is 0 Å². The second kappa shape index (κ2) is 3.07. The third-order valence-electron chi connectivity index (χ3n) is 1.41. The van der Waals surface area contributed by atoms with Gasteiger partial charge in [-0.15, -0.1) is 6.42 Å². The van der Waals surface area contributed by atoms with Crippen molar-refractivity contribution in [3.05, 3.63) is 24.0 Å². The quantitative estimate of drug-likeness (QED) is 0.552. The van der Waals surface area contributed by atoms with Gasteiger partial charge in [-0.1, -0.05) is 5.92 Å². The number of rotatable bonds is 1. The Labute approximate surface area is 66.9 Å². The zero-order chi connectivity index (χ0) is 8.27. The molecule has 0 aliphatic rings. The molecule has 56 valence electrons. The summed E-state index contributed by atoms with van der Waals surface area (Å²) < 4.78 is 0. The van der Waals surface area contributed by atoms with Crippen LogP contribution in [-0.2, 0) is 0 Å². The van der Waals surface area contributed by atoms with Crippen molar-refractivity contribution in [1.29, 1.82) is 0 Å². The van der Waals surface area contributed by atoms with Gasteiger partial charge in [0.15, 0.2) is 0 Å². The van der Waals surface area contributed by atoms with E-state index in [1.54, 1.807) is 6.20 Å². The minimum atomic E-state index is 0.677. The molecule has 2 nitrogen and oxygen atoms in total. The number of terminal acetylenes is 1. The standard InChI is InChI=1S/C9H10N2/c1-4-8-7-9(11(2)3)5-6-10-8/h1,5-7H,2-3H3. The van der Waals surface area contributed by atoms with Crippen LogP contribution in [0.4, 0.5) is 5.69 Å². The molecule has 0 saturated heterocycles. The van der Waals surface area contributed by atoms with Crippen LogP contribution in [0.25, 0.3) is 0 Å². The van der Waals surface area contributed by atoms with Crippen LogP contribution in [0, 0.1) is 12.3 Å². The molecule has 0 fully saturated rings. The fourth-order valence-corrected chi connectivity index (χ4v) is 0.776. The van der Waals surface area contributed by atoms with Crippen molar-refractivity contribution in [2.45, 2.75) is 0 Å². The maximum absolute atomic E-state index is 5.19. The van der Waals surface area contributed by atoms with Crippen LogP contribution >= 0.6 is 0 Å². The molecule has 0 amide bonds. The number of pyridine rings is 1. The van der Waals surface area contributed by atoms with E-state index in [9.17, 15) is 0 Å². The molecule has 0 spiro atoms. The van der Waals surface area contributed by atoms with Gasteiger partial charge >= 0.3 is 0 Å². The lowest BCUT2D eigenvalue weighted by Gasteiger charge is -2.11. The second-order valence-electron chi connectivity index (χ2n) is 2.44. The van der Waals surface area contributed by atoms with Crippen LogP contribution in [0.5, 0.6) is 0 Å². The summed E-state index contributed by atoms with van der Waals surface area (Å²) in [5.41, 5.74) is 1.75. The predicted molar refractivity (Wildman–Crippen MR) is 46.5 cm³/mol. The SMILES string of the molecule is C#Cc1cc(N(C)C)ccn1. The minimum absolute atomic E-state index is 0.677. The molecule has 0 unspecified atom stereocenters. The lowest BCUT2D eigenvalue weighted by molar-refractivity contribution is 1.11. The molecule has 1 aromatic heterocycles. The summed E-state index contributed by atoms with van der Waals surface area (Å²) in [6, 6.07) is 3.79. The number of hydrogen-bond donors (Lipinski definition) is 0. The van der Waals surface area contributed by atoms with Gasteiger partial charge in [-0.2, -0.15) is 0 Å². The van der Waals surface area contributed by atoms with Gasteiger partial charge in [-0.25, -0.2) is 4.98 Å². The van der Waals surface area contributed by atoms with E-state index in [1.165, 1.54) is 0 Å². The van der Waals surface area contributed by atoms with Gasteiger partial charge in [0.2, 0.25) is 0 Å². The van der Waals surface area contributed by atoms with Crippen LogP contribution in [0.15, 0.2) is 18.3 Å². The highest BCUT2D eigenvalue weighted by atomic mass is 15.1. The first-order valence-corrected chi connectivity index (χ1v) is 3.34. The Morgan fingerprint density at radius 1 is 1.55 bits per heavy atom. The Hall–Kier alpha value is -1.49. The molecule has 0 atom stereocenters. The van der Waals surface area contributed by atoms with E-state index in [0.717, 1.165) is 5.69 Å². The smallest absolute Gasteiger partial charge is 0.114 e. The van der Waals surface area contributed by atoms with Crippen LogP contribution in [0.1, 0.15) is 5.69 Å². The van der Waals surface area contributed by atoms with E-state index in [4.69, 9.17) is 6.42 Å².